The molecule has 5 nitrogen and oxygen atoms in total. The highest BCUT2D eigenvalue weighted by molar-refractivity contribution is 5.72. The number of hydrogen-bond donors (Lipinski definition) is 1. The minimum Gasteiger partial charge on any atom is -0.481 e. The fourth-order valence-electron chi connectivity index (χ4n) is 2.82. The molecule has 106 valence electrons. The van der Waals surface area contributed by atoms with E-state index in [1.54, 1.807) is 4.90 Å². The Kier molecular flexibility index (Phi) is 3.56. The van der Waals surface area contributed by atoms with Crippen LogP contribution in [0.5, 0.6) is 0 Å². The maximum atomic E-state index is 12.0. The van der Waals surface area contributed by atoms with Crippen molar-refractivity contribution in [3.63, 3.8) is 0 Å². The minimum atomic E-state index is -0.773. The van der Waals surface area contributed by atoms with Crippen LogP contribution in [-0.2, 0) is 9.53 Å². The molecule has 0 aromatic rings. The third-order valence-corrected chi connectivity index (χ3v) is 3.67. The second-order valence-electron chi connectivity index (χ2n) is 6.32. The summed E-state index contributed by atoms with van der Waals surface area (Å²) in [4.78, 5) is 24.9. The molecule has 0 saturated carbocycles. The molecule has 0 bridgehead atoms. The predicted octanol–water partition coefficient (Wildman–Crippen LogP) is 2.13. The Hall–Kier alpha value is -1.52. The third kappa shape index (κ3) is 3.08. The van der Waals surface area contributed by atoms with Crippen LogP contribution in [0, 0.1) is 17.8 Å². The normalized spacial score (nSPS) is 30.1. The summed E-state index contributed by atoms with van der Waals surface area (Å²) in [6.07, 6.45) is 4.16. The van der Waals surface area contributed by atoms with Gasteiger partial charge in [0.15, 0.2) is 0 Å². The highest BCUT2D eigenvalue weighted by Crippen LogP contribution is 2.37. The summed E-state index contributed by atoms with van der Waals surface area (Å²) < 4.78 is 5.34. The molecule has 0 aromatic heterocycles. The van der Waals surface area contributed by atoms with Crippen molar-refractivity contribution in [2.45, 2.75) is 32.8 Å². The number of fused-ring (bicyclic) bond motifs is 1. The molecule has 0 radical (unpaired) electrons. The molecule has 5 heteroatoms. The summed E-state index contributed by atoms with van der Waals surface area (Å²) in [5, 5.41) is 9.23. The highest BCUT2D eigenvalue weighted by atomic mass is 16.6. The Bertz CT molecular complexity index is 410. The van der Waals surface area contributed by atoms with Crippen LogP contribution < -0.4 is 0 Å². The van der Waals surface area contributed by atoms with Crippen LogP contribution in [0.25, 0.3) is 0 Å². The van der Waals surface area contributed by atoms with Gasteiger partial charge < -0.3 is 14.7 Å². The Morgan fingerprint density at radius 3 is 2.58 bits per heavy atom. The third-order valence-electron chi connectivity index (χ3n) is 3.67. The van der Waals surface area contributed by atoms with Crippen molar-refractivity contribution < 1.29 is 19.4 Å². The summed E-state index contributed by atoms with van der Waals surface area (Å²) in [6, 6.07) is 0. The maximum absolute atomic E-state index is 12.0. The van der Waals surface area contributed by atoms with Gasteiger partial charge in [-0.3, -0.25) is 4.79 Å². The van der Waals surface area contributed by atoms with Crippen LogP contribution in [-0.4, -0.2) is 40.8 Å². The molecule has 19 heavy (non-hydrogen) atoms. The fraction of sp³-hybridized carbons (Fsp3) is 0.714. The molecule has 1 saturated heterocycles. The first-order valence-corrected chi connectivity index (χ1v) is 6.65. The quantitative estimate of drug-likeness (QED) is 0.739. The molecular formula is C14H21NO4. The first-order valence-electron chi connectivity index (χ1n) is 6.65. The molecular weight excluding hydrogens is 246 g/mol. The lowest BCUT2D eigenvalue weighted by atomic mass is 9.78. The number of aliphatic carboxylic acids is 1. The van der Waals surface area contributed by atoms with Crippen molar-refractivity contribution in [2.24, 2.45) is 17.8 Å². The molecule has 1 fully saturated rings. The number of amides is 1. The van der Waals surface area contributed by atoms with Gasteiger partial charge in [0.1, 0.15) is 5.60 Å². The van der Waals surface area contributed by atoms with Gasteiger partial charge in [-0.2, -0.15) is 0 Å². The first kappa shape index (κ1) is 13.9. The molecule has 1 amide bonds. The molecule has 2 aliphatic rings. The zero-order valence-electron chi connectivity index (χ0n) is 11.6. The number of ether oxygens (including phenoxy) is 1. The van der Waals surface area contributed by atoms with E-state index < -0.39 is 11.6 Å². The van der Waals surface area contributed by atoms with Crippen LogP contribution in [0.3, 0.4) is 0 Å². The van der Waals surface area contributed by atoms with E-state index in [1.807, 2.05) is 32.9 Å². The van der Waals surface area contributed by atoms with E-state index in [0.717, 1.165) is 0 Å². The molecule has 3 atom stereocenters. The number of allylic oxidation sites excluding steroid dienone is 1. The second kappa shape index (κ2) is 4.87. The lowest BCUT2D eigenvalue weighted by Crippen LogP contribution is -2.36. The zero-order valence-corrected chi connectivity index (χ0v) is 11.6. The average Bonchev–Trinajstić information content (AvgIpc) is 2.69. The number of hydrogen-bond acceptors (Lipinski definition) is 3. The van der Waals surface area contributed by atoms with E-state index in [-0.39, 0.29) is 23.8 Å². The van der Waals surface area contributed by atoms with Crippen molar-refractivity contribution in [1.29, 1.82) is 0 Å². The van der Waals surface area contributed by atoms with E-state index >= 15 is 0 Å². The fourth-order valence-corrected chi connectivity index (χ4v) is 2.82. The summed E-state index contributed by atoms with van der Waals surface area (Å²) in [7, 11) is 0. The summed E-state index contributed by atoms with van der Waals surface area (Å²) >= 11 is 0. The lowest BCUT2D eigenvalue weighted by Gasteiger charge is -2.26. The van der Waals surface area contributed by atoms with Gasteiger partial charge in [-0.25, -0.2) is 4.79 Å². The number of carbonyl (C=O) groups excluding carboxylic acids is 1. The number of nitrogens with zero attached hydrogens (tertiary/aromatic N) is 1. The van der Waals surface area contributed by atoms with Crippen LogP contribution in [0.15, 0.2) is 12.2 Å². The van der Waals surface area contributed by atoms with Gasteiger partial charge in [-0.1, -0.05) is 12.2 Å². The average molecular weight is 267 g/mol. The van der Waals surface area contributed by atoms with Gasteiger partial charge in [0.25, 0.3) is 0 Å². The summed E-state index contributed by atoms with van der Waals surface area (Å²) in [6.45, 7) is 6.51. The van der Waals surface area contributed by atoms with E-state index in [9.17, 15) is 14.7 Å². The zero-order chi connectivity index (χ0) is 14.2. The minimum absolute atomic E-state index is 0.00928. The molecule has 0 aromatic carbocycles. The van der Waals surface area contributed by atoms with E-state index in [1.165, 1.54) is 0 Å². The van der Waals surface area contributed by atoms with Crippen LogP contribution in [0.4, 0.5) is 4.79 Å². The van der Waals surface area contributed by atoms with Crippen LogP contribution in [0.2, 0.25) is 0 Å². The Morgan fingerprint density at radius 1 is 1.32 bits per heavy atom. The largest absolute Gasteiger partial charge is 0.481 e. The Labute approximate surface area is 113 Å². The van der Waals surface area contributed by atoms with Crippen LogP contribution >= 0.6 is 0 Å². The van der Waals surface area contributed by atoms with Gasteiger partial charge in [0, 0.05) is 13.1 Å². The number of carboxylic acid groups (broad SMARTS) is 1. The molecule has 2 rings (SSSR count). The number of likely N-dealkylation sites (tertiary alicyclic amines) is 1. The second-order valence-corrected chi connectivity index (χ2v) is 6.32. The molecule has 1 N–H and O–H groups in total. The smallest absolute Gasteiger partial charge is 0.410 e. The standard InChI is InChI=1S/C14H21NO4/c1-14(2,3)19-13(18)15-7-9-5-4-6-10(12(16)17)11(9)8-15/h4-5,9-11H,6-8H2,1-3H3,(H,16,17)/t9-,10-,11-/m1/s1. The molecule has 0 unspecified atom stereocenters. The Morgan fingerprint density at radius 2 is 2.00 bits per heavy atom. The van der Waals surface area contributed by atoms with Crippen molar-refractivity contribution in [3.8, 4) is 0 Å². The lowest BCUT2D eigenvalue weighted by molar-refractivity contribution is -0.144. The maximum Gasteiger partial charge on any atom is 0.410 e. The SMILES string of the molecule is CC(C)(C)OC(=O)N1C[C@@H]2[C@H](C=CC[C@H]2C(=O)O)C1. The van der Waals surface area contributed by atoms with Crippen molar-refractivity contribution >= 4 is 12.1 Å². The monoisotopic (exact) mass is 267 g/mol. The van der Waals surface area contributed by atoms with Crippen molar-refractivity contribution in [3.05, 3.63) is 12.2 Å². The van der Waals surface area contributed by atoms with Crippen molar-refractivity contribution in [1.82, 2.24) is 4.90 Å². The predicted molar refractivity (Wildman–Crippen MR) is 69.7 cm³/mol. The first-order chi connectivity index (χ1) is 8.78. The van der Waals surface area contributed by atoms with Gasteiger partial charge in [0.05, 0.1) is 5.92 Å². The molecule has 1 aliphatic carbocycles. The number of carboxylic acids is 1. The van der Waals surface area contributed by atoms with E-state index in [0.29, 0.717) is 19.5 Å². The van der Waals surface area contributed by atoms with Gasteiger partial charge in [-0.15, -0.1) is 0 Å². The number of rotatable bonds is 1. The van der Waals surface area contributed by atoms with E-state index in [2.05, 4.69) is 0 Å². The number of carbonyl (C=O) groups is 2. The van der Waals surface area contributed by atoms with Gasteiger partial charge >= 0.3 is 12.1 Å². The highest BCUT2D eigenvalue weighted by Gasteiger charge is 2.43. The van der Waals surface area contributed by atoms with Crippen molar-refractivity contribution in [2.75, 3.05) is 13.1 Å². The van der Waals surface area contributed by atoms with E-state index in [4.69, 9.17) is 4.74 Å². The molecule has 1 heterocycles. The topological polar surface area (TPSA) is 66.8 Å². The van der Waals surface area contributed by atoms with Crippen LogP contribution in [0.1, 0.15) is 27.2 Å². The summed E-state index contributed by atoms with van der Waals surface area (Å²) in [5.41, 5.74) is -0.521. The van der Waals surface area contributed by atoms with Gasteiger partial charge in [0.2, 0.25) is 0 Å². The Balaban J connectivity index is 2.04. The molecule has 0 spiro atoms. The van der Waals surface area contributed by atoms with Gasteiger partial charge in [-0.05, 0) is 39.0 Å². The molecule has 1 aliphatic heterocycles. The summed E-state index contributed by atoms with van der Waals surface area (Å²) in [5.74, 6) is -1.01.